The van der Waals surface area contributed by atoms with Gasteiger partial charge < -0.3 is 0 Å². The van der Waals surface area contributed by atoms with Gasteiger partial charge in [0.15, 0.2) is 0 Å². The molecule has 4 nitrogen and oxygen atoms in total. The topological polar surface area (TPSA) is 46.6 Å². The van der Waals surface area contributed by atoms with Crippen LogP contribution in [0.1, 0.15) is 6.42 Å². The van der Waals surface area contributed by atoms with E-state index in [2.05, 4.69) is 0 Å². The van der Waals surface area contributed by atoms with E-state index in [9.17, 15) is 12.8 Å². The van der Waals surface area contributed by atoms with Crippen molar-refractivity contribution in [3.05, 3.63) is 29.0 Å². The van der Waals surface area contributed by atoms with Crippen molar-refractivity contribution >= 4 is 21.6 Å². The molecule has 0 atom stereocenters. The van der Waals surface area contributed by atoms with Crippen LogP contribution < -0.4 is 0 Å². The quantitative estimate of drug-likeness (QED) is 0.819. The molecule has 0 N–H and O–H groups in total. The average Bonchev–Trinajstić information content (AvgIpc) is 2.75. The number of nitrogens with zero attached hydrogens (tertiary/aromatic N) is 1. The summed E-state index contributed by atoms with van der Waals surface area (Å²) in [7, 11) is -3.72. The van der Waals surface area contributed by atoms with Crippen molar-refractivity contribution < 1.29 is 17.6 Å². The molecule has 16 heavy (non-hydrogen) atoms. The minimum atomic E-state index is -3.72. The van der Waals surface area contributed by atoms with Crippen LogP contribution >= 0.6 is 11.6 Å². The van der Waals surface area contributed by atoms with Crippen molar-refractivity contribution in [2.24, 2.45) is 0 Å². The van der Waals surface area contributed by atoms with Crippen LogP contribution in [-0.4, -0.2) is 26.0 Å². The Hall–Kier alpha value is -0.690. The Morgan fingerprint density at radius 1 is 1.44 bits per heavy atom. The van der Waals surface area contributed by atoms with Crippen LogP contribution in [0.2, 0.25) is 5.02 Å². The Morgan fingerprint density at radius 3 is 2.75 bits per heavy atom. The third-order valence-corrected chi connectivity index (χ3v) is 4.14. The number of hydrogen-bond acceptors (Lipinski definition) is 3. The molecule has 0 unspecified atom stereocenters. The van der Waals surface area contributed by atoms with Gasteiger partial charge in [-0.3, -0.25) is 4.84 Å². The molecule has 88 valence electrons. The molecular weight excluding hydrogens is 257 g/mol. The third kappa shape index (κ3) is 2.06. The number of halogens is 2. The molecule has 7 heteroatoms. The second-order valence-electron chi connectivity index (χ2n) is 3.29. The lowest BCUT2D eigenvalue weighted by atomic mass is 10.3. The minimum absolute atomic E-state index is 0.0687. The zero-order valence-corrected chi connectivity index (χ0v) is 9.76. The number of rotatable bonds is 2. The van der Waals surface area contributed by atoms with E-state index in [4.69, 9.17) is 16.4 Å². The van der Waals surface area contributed by atoms with Crippen molar-refractivity contribution in [2.75, 3.05) is 13.2 Å². The first-order chi connectivity index (χ1) is 7.51. The number of hydrogen-bond donors (Lipinski definition) is 0. The van der Waals surface area contributed by atoms with Gasteiger partial charge in [0.1, 0.15) is 5.82 Å². The lowest BCUT2D eigenvalue weighted by molar-refractivity contribution is -0.0284. The Morgan fingerprint density at radius 2 is 2.19 bits per heavy atom. The zero-order valence-electron chi connectivity index (χ0n) is 8.19. The average molecular weight is 266 g/mol. The van der Waals surface area contributed by atoms with Gasteiger partial charge in [-0.2, -0.15) is 0 Å². The molecule has 1 aliphatic heterocycles. The Bertz CT molecular complexity index is 499. The highest BCUT2D eigenvalue weighted by Crippen LogP contribution is 2.24. The number of hydroxylamine groups is 1. The van der Waals surface area contributed by atoms with Gasteiger partial charge in [0.2, 0.25) is 0 Å². The Labute approximate surface area is 97.6 Å². The lowest BCUT2D eigenvalue weighted by Crippen LogP contribution is -2.26. The van der Waals surface area contributed by atoms with E-state index in [0.29, 0.717) is 19.6 Å². The standard InChI is InChI=1S/C9H9ClFNO3S/c10-8-6-7(2-3-9(8)11)16(13,14)12-4-1-5-15-12/h2-3,6H,1,4-5H2. The molecule has 1 aliphatic rings. The number of benzene rings is 1. The second kappa shape index (κ2) is 4.29. The summed E-state index contributed by atoms with van der Waals surface area (Å²) in [6.45, 7) is 0.672. The third-order valence-electron chi connectivity index (χ3n) is 2.18. The highest BCUT2D eigenvalue weighted by atomic mass is 35.5. The smallest absolute Gasteiger partial charge is 0.265 e. The summed E-state index contributed by atoms with van der Waals surface area (Å²) in [5.41, 5.74) is 0. The molecule has 1 fully saturated rings. The van der Waals surface area contributed by atoms with Crippen molar-refractivity contribution in [3.63, 3.8) is 0 Å². The van der Waals surface area contributed by atoms with E-state index < -0.39 is 15.8 Å². The summed E-state index contributed by atoms with van der Waals surface area (Å²) in [6, 6.07) is 3.26. The fourth-order valence-electron chi connectivity index (χ4n) is 1.37. The largest absolute Gasteiger partial charge is 0.284 e. The summed E-state index contributed by atoms with van der Waals surface area (Å²) in [6.07, 6.45) is 0.647. The molecule has 1 aromatic carbocycles. The van der Waals surface area contributed by atoms with E-state index in [-0.39, 0.29) is 9.92 Å². The fraction of sp³-hybridized carbons (Fsp3) is 0.333. The summed E-state index contributed by atoms with van der Waals surface area (Å²) >= 11 is 5.53. The van der Waals surface area contributed by atoms with Gasteiger partial charge in [0.25, 0.3) is 10.0 Å². The van der Waals surface area contributed by atoms with Gasteiger partial charge >= 0.3 is 0 Å². The maximum atomic E-state index is 12.9. The Kier molecular flexibility index (Phi) is 3.16. The Balaban J connectivity index is 2.39. The lowest BCUT2D eigenvalue weighted by Gasteiger charge is -2.14. The van der Waals surface area contributed by atoms with Gasteiger partial charge in [-0.1, -0.05) is 16.1 Å². The van der Waals surface area contributed by atoms with E-state index in [1.807, 2.05) is 0 Å². The zero-order chi connectivity index (χ0) is 11.8. The van der Waals surface area contributed by atoms with Crippen LogP contribution in [0.15, 0.2) is 23.1 Å². The highest BCUT2D eigenvalue weighted by molar-refractivity contribution is 7.89. The molecule has 1 heterocycles. The molecule has 1 aromatic rings. The molecular formula is C9H9ClFNO3S. The van der Waals surface area contributed by atoms with Crippen molar-refractivity contribution in [1.29, 1.82) is 0 Å². The first-order valence-electron chi connectivity index (χ1n) is 4.62. The van der Waals surface area contributed by atoms with Crippen LogP contribution in [0.4, 0.5) is 4.39 Å². The van der Waals surface area contributed by atoms with Crippen LogP contribution in [0.3, 0.4) is 0 Å². The van der Waals surface area contributed by atoms with E-state index >= 15 is 0 Å². The first-order valence-corrected chi connectivity index (χ1v) is 6.44. The SMILES string of the molecule is O=S(=O)(c1ccc(F)c(Cl)c1)N1CCCO1. The van der Waals surface area contributed by atoms with E-state index in [1.165, 1.54) is 0 Å². The van der Waals surface area contributed by atoms with E-state index in [1.54, 1.807) is 0 Å². The molecule has 0 aliphatic carbocycles. The van der Waals surface area contributed by atoms with Gasteiger partial charge in [0.05, 0.1) is 16.5 Å². The van der Waals surface area contributed by atoms with Crippen molar-refractivity contribution in [1.82, 2.24) is 4.47 Å². The summed E-state index contributed by atoms with van der Waals surface area (Å²) in [5, 5.41) is -0.222. The molecule has 1 saturated heterocycles. The predicted molar refractivity (Wildman–Crippen MR) is 55.9 cm³/mol. The van der Waals surface area contributed by atoms with Crippen LogP contribution in [0.25, 0.3) is 0 Å². The molecule has 0 saturated carbocycles. The molecule has 2 rings (SSSR count). The molecule has 0 radical (unpaired) electrons. The maximum absolute atomic E-state index is 12.9. The molecule has 0 amide bonds. The highest BCUT2D eigenvalue weighted by Gasteiger charge is 2.29. The summed E-state index contributed by atoms with van der Waals surface area (Å²) < 4.78 is 37.6. The van der Waals surface area contributed by atoms with Gasteiger partial charge in [-0.15, -0.1) is 0 Å². The number of sulfonamides is 1. The maximum Gasteiger partial charge on any atom is 0.265 e. The van der Waals surface area contributed by atoms with Crippen LogP contribution in [0.5, 0.6) is 0 Å². The second-order valence-corrected chi connectivity index (χ2v) is 5.53. The van der Waals surface area contributed by atoms with Crippen molar-refractivity contribution in [3.8, 4) is 0 Å². The predicted octanol–water partition coefficient (Wildman–Crippen LogP) is 1.81. The van der Waals surface area contributed by atoms with Gasteiger partial charge in [-0.05, 0) is 24.6 Å². The summed E-state index contributed by atoms with van der Waals surface area (Å²) in [5.74, 6) is -0.650. The monoisotopic (exact) mass is 265 g/mol. The van der Waals surface area contributed by atoms with Gasteiger partial charge in [0, 0.05) is 6.54 Å². The van der Waals surface area contributed by atoms with Crippen molar-refractivity contribution in [2.45, 2.75) is 11.3 Å². The minimum Gasteiger partial charge on any atom is -0.284 e. The normalized spacial score (nSPS) is 17.9. The summed E-state index contributed by atoms with van der Waals surface area (Å²) in [4.78, 5) is 4.88. The van der Waals surface area contributed by atoms with E-state index in [0.717, 1.165) is 22.7 Å². The van der Waals surface area contributed by atoms with Crippen LogP contribution in [0, 0.1) is 5.82 Å². The van der Waals surface area contributed by atoms with Crippen LogP contribution in [-0.2, 0) is 14.9 Å². The first kappa shape index (κ1) is 11.8. The fourth-order valence-corrected chi connectivity index (χ4v) is 2.94. The molecule has 0 bridgehead atoms. The van der Waals surface area contributed by atoms with Gasteiger partial charge in [-0.25, -0.2) is 12.8 Å². The molecule has 0 spiro atoms. The molecule has 0 aromatic heterocycles.